The first-order valence-corrected chi connectivity index (χ1v) is 9.43. The molecule has 3 N–H and O–H groups in total. The zero-order valence-electron chi connectivity index (χ0n) is 14.8. The van der Waals surface area contributed by atoms with Gasteiger partial charge in [-0.05, 0) is 29.8 Å². The van der Waals surface area contributed by atoms with E-state index in [2.05, 4.69) is 4.72 Å². The highest BCUT2D eigenvalue weighted by molar-refractivity contribution is 7.92. The van der Waals surface area contributed by atoms with Crippen LogP contribution in [-0.4, -0.2) is 32.8 Å². The van der Waals surface area contributed by atoms with Crippen LogP contribution in [0.3, 0.4) is 0 Å². The minimum atomic E-state index is -3.64. The van der Waals surface area contributed by atoms with Crippen molar-refractivity contribution in [3.63, 3.8) is 0 Å². The highest BCUT2D eigenvalue weighted by Gasteiger charge is 2.17. The number of nitrogens with zero attached hydrogens (tertiary/aromatic N) is 1. The van der Waals surface area contributed by atoms with Crippen LogP contribution in [0, 0.1) is 5.92 Å². The lowest BCUT2D eigenvalue weighted by Crippen LogP contribution is -2.34. The van der Waals surface area contributed by atoms with Crippen LogP contribution >= 0.6 is 12.4 Å². The fourth-order valence-electron chi connectivity index (χ4n) is 2.38. The van der Waals surface area contributed by atoms with Crippen LogP contribution in [0.2, 0.25) is 0 Å². The van der Waals surface area contributed by atoms with Gasteiger partial charge in [-0.2, -0.15) is 0 Å². The van der Waals surface area contributed by atoms with Crippen LogP contribution in [0.15, 0.2) is 59.5 Å². The Morgan fingerprint density at radius 1 is 1.15 bits per heavy atom. The van der Waals surface area contributed by atoms with E-state index < -0.39 is 10.0 Å². The van der Waals surface area contributed by atoms with E-state index in [1.165, 1.54) is 12.1 Å². The van der Waals surface area contributed by atoms with Gasteiger partial charge in [0.25, 0.3) is 10.0 Å². The third kappa shape index (κ3) is 5.72. The van der Waals surface area contributed by atoms with Gasteiger partial charge in [-0.3, -0.25) is 9.52 Å². The minimum absolute atomic E-state index is 0. The van der Waals surface area contributed by atoms with Gasteiger partial charge in [0.1, 0.15) is 0 Å². The largest absolute Gasteiger partial charge is 0.341 e. The molecule has 0 spiro atoms. The Labute approximate surface area is 160 Å². The van der Waals surface area contributed by atoms with E-state index >= 15 is 0 Å². The summed E-state index contributed by atoms with van der Waals surface area (Å²) in [5.74, 6) is -0.289. The van der Waals surface area contributed by atoms with Crippen LogP contribution in [-0.2, 0) is 21.4 Å². The maximum atomic E-state index is 12.4. The smallest absolute Gasteiger partial charge is 0.261 e. The summed E-state index contributed by atoms with van der Waals surface area (Å²) in [6.07, 6.45) is 0. The second kappa shape index (κ2) is 9.56. The van der Waals surface area contributed by atoms with Crippen LogP contribution in [0.5, 0.6) is 0 Å². The van der Waals surface area contributed by atoms with Crippen molar-refractivity contribution in [2.75, 3.05) is 18.3 Å². The van der Waals surface area contributed by atoms with E-state index in [9.17, 15) is 13.2 Å². The van der Waals surface area contributed by atoms with Gasteiger partial charge in [0.15, 0.2) is 0 Å². The number of amides is 1. The number of carbonyl (C=O) groups excluding carboxylic acids is 1. The molecule has 2 rings (SSSR count). The van der Waals surface area contributed by atoms with Crippen molar-refractivity contribution in [1.29, 1.82) is 0 Å². The zero-order valence-corrected chi connectivity index (χ0v) is 16.4. The molecule has 1 unspecified atom stereocenters. The maximum Gasteiger partial charge on any atom is 0.261 e. The number of anilines is 1. The monoisotopic (exact) mass is 397 g/mol. The predicted molar refractivity (Wildman–Crippen MR) is 106 cm³/mol. The molecule has 1 atom stereocenters. The second-order valence-electron chi connectivity index (χ2n) is 5.95. The van der Waals surface area contributed by atoms with E-state index in [1.54, 1.807) is 55.3 Å². The number of rotatable bonds is 7. The molecule has 0 bridgehead atoms. The zero-order chi connectivity index (χ0) is 18.4. The normalized spacial score (nSPS) is 12.0. The first-order valence-electron chi connectivity index (χ1n) is 7.95. The van der Waals surface area contributed by atoms with Crippen molar-refractivity contribution < 1.29 is 13.2 Å². The van der Waals surface area contributed by atoms with Crippen LogP contribution in [0.4, 0.5) is 5.69 Å². The Morgan fingerprint density at radius 2 is 1.81 bits per heavy atom. The topological polar surface area (TPSA) is 92.5 Å². The molecule has 0 radical (unpaired) electrons. The Kier molecular flexibility index (Phi) is 8.08. The van der Waals surface area contributed by atoms with Gasteiger partial charge in [0.2, 0.25) is 5.91 Å². The quantitative estimate of drug-likeness (QED) is 0.750. The Morgan fingerprint density at radius 3 is 2.42 bits per heavy atom. The average molecular weight is 398 g/mol. The van der Waals surface area contributed by atoms with E-state index in [1.807, 2.05) is 6.07 Å². The van der Waals surface area contributed by atoms with Gasteiger partial charge in [-0.25, -0.2) is 8.42 Å². The van der Waals surface area contributed by atoms with Crippen LogP contribution in [0.25, 0.3) is 0 Å². The number of hydrogen-bond donors (Lipinski definition) is 2. The SMILES string of the molecule is CC(CN)C(=O)N(C)Cc1cccc(NS(=O)(=O)c2ccccc2)c1.Cl. The third-order valence-electron chi connectivity index (χ3n) is 3.80. The first-order chi connectivity index (χ1) is 11.8. The van der Waals surface area contributed by atoms with Gasteiger partial charge in [-0.1, -0.05) is 37.3 Å². The molecule has 2 aromatic carbocycles. The summed E-state index contributed by atoms with van der Waals surface area (Å²) in [4.78, 5) is 13.9. The van der Waals surface area contributed by atoms with E-state index in [4.69, 9.17) is 5.73 Å². The lowest BCUT2D eigenvalue weighted by Gasteiger charge is -2.21. The fourth-order valence-corrected chi connectivity index (χ4v) is 3.45. The summed E-state index contributed by atoms with van der Waals surface area (Å²) < 4.78 is 27.3. The number of halogens is 1. The maximum absolute atomic E-state index is 12.4. The summed E-state index contributed by atoms with van der Waals surface area (Å²) >= 11 is 0. The summed E-state index contributed by atoms with van der Waals surface area (Å²) in [6.45, 7) is 2.45. The molecule has 1 amide bonds. The first kappa shape index (κ1) is 22.0. The predicted octanol–water partition coefficient (Wildman–Crippen LogP) is 2.46. The molecule has 142 valence electrons. The van der Waals surface area contributed by atoms with Crippen molar-refractivity contribution in [2.24, 2.45) is 11.7 Å². The number of hydrogen-bond acceptors (Lipinski definition) is 4. The van der Waals surface area contributed by atoms with E-state index in [-0.39, 0.29) is 29.1 Å². The molecule has 0 saturated heterocycles. The number of sulfonamides is 1. The van der Waals surface area contributed by atoms with Gasteiger partial charge in [-0.15, -0.1) is 12.4 Å². The van der Waals surface area contributed by atoms with Crippen molar-refractivity contribution in [3.8, 4) is 0 Å². The molecule has 0 heterocycles. The lowest BCUT2D eigenvalue weighted by atomic mass is 10.1. The number of nitrogens with two attached hydrogens (primary N) is 1. The van der Waals surface area contributed by atoms with Gasteiger partial charge in [0.05, 0.1) is 4.90 Å². The summed E-state index contributed by atoms with van der Waals surface area (Å²) in [6, 6.07) is 15.2. The number of benzene rings is 2. The van der Waals surface area contributed by atoms with Crippen molar-refractivity contribution >= 4 is 34.0 Å². The standard InChI is InChI=1S/C18H23N3O3S.ClH/c1-14(12-19)18(22)21(2)13-15-7-6-8-16(11-15)20-25(23,24)17-9-4-3-5-10-17;/h3-11,14,20H,12-13,19H2,1-2H3;1H. The van der Waals surface area contributed by atoms with Crippen molar-refractivity contribution in [1.82, 2.24) is 4.90 Å². The summed E-state index contributed by atoms with van der Waals surface area (Å²) in [5.41, 5.74) is 6.81. The molecule has 6 nitrogen and oxygen atoms in total. The molecular formula is C18H24ClN3O3S. The molecule has 0 fully saturated rings. The van der Waals surface area contributed by atoms with Gasteiger partial charge < -0.3 is 10.6 Å². The molecule has 2 aromatic rings. The molecular weight excluding hydrogens is 374 g/mol. The molecule has 8 heteroatoms. The van der Waals surface area contributed by atoms with Crippen LogP contribution in [0.1, 0.15) is 12.5 Å². The molecule has 0 aromatic heterocycles. The molecule has 0 aliphatic heterocycles. The lowest BCUT2D eigenvalue weighted by molar-refractivity contribution is -0.133. The fraction of sp³-hybridized carbons (Fsp3) is 0.278. The highest BCUT2D eigenvalue weighted by atomic mass is 35.5. The molecule has 26 heavy (non-hydrogen) atoms. The second-order valence-corrected chi connectivity index (χ2v) is 7.63. The Hall–Kier alpha value is -2.09. The molecule has 0 aliphatic rings. The molecule has 0 saturated carbocycles. The molecule has 0 aliphatic carbocycles. The van der Waals surface area contributed by atoms with Gasteiger partial charge >= 0.3 is 0 Å². The van der Waals surface area contributed by atoms with E-state index in [0.717, 1.165) is 5.56 Å². The minimum Gasteiger partial charge on any atom is -0.341 e. The number of carbonyl (C=O) groups is 1. The Bertz CT molecular complexity index is 829. The highest BCUT2D eigenvalue weighted by Crippen LogP contribution is 2.18. The number of nitrogens with one attached hydrogen (secondary N) is 1. The van der Waals surface area contributed by atoms with Crippen LogP contribution < -0.4 is 10.5 Å². The summed E-state index contributed by atoms with van der Waals surface area (Å²) in [7, 11) is -1.94. The van der Waals surface area contributed by atoms with Crippen molar-refractivity contribution in [3.05, 3.63) is 60.2 Å². The third-order valence-corrected chi connectivity index (χ3v) is 5.20. The van der Waals surface area contributed by atoms with E-state index in [0.29, 0.717) is 18.8 Å². The van der Waals surface area contributed by atoms with Gasteiger partial charge in [0, 0.05) is 31.7 Å². The summed E-state index contributed by atoms with van der Waals surface area (Å²) in [5, 5.41) is 0. The van der Waals surface area contributed by atoms with Crippen molar-refractivity contribution in [2.45, 2.75) is 18.4 Å². The Balaban J connectivity index is 0.00000338. The average Bonchev–Trinajstić information content (AvgIpc) is 2.61.